The largest absolute Gasteiger partial charge is 0.319 e. The fourth-order valence-corrected chi connectivity index (χ4v) is 4.43. The lowest BCUT2D eigenvalue weighted by molar-refractivity contribution is -0.384. The number of amides is 1. The van der Waals surface area contributed by atoms with E-state index >= 15 is 0 Å². The van der Waals surface area contributed by atoms with Gasteiger partial charge in [0.15, 0.2) is 0 Å². The molecule has 1 aliphatic heterocycles. The Kier molecular flexibility index (Phi) is 7.48. The first-order chi connectivity index (χ1) is 16.8. The van der Waals surface area contributed by atoms with Crippen LogP contribution in [0.15, 0.2) is 66.7 Å². The van der Waals surface area contributed by atoms with E-state index in [0.29, 0.717) is 31.7 Å². The topological polar surface area (TPSA) is 78.7 Å². The molecule has 1 aliphatic rings. The molecule has 4 rings (SSSR count). The first-order valence-corrected chi connectivity index (χ1v) is 11.3. The van der Waals surface area contributed by atoms with E-state index < -0.39 is 4.92 Å². The highest BCUT2D eigenvalue weighted by atomic mass is 19.1. The van der Waals surface area contributed by atoms with Crippen LogP contribution >= 0.6 is 0 Å². The molecule has 1 saturated heterocycles. The molecule has 35 heavy (non-hydrogen) atoms. The number of nitrogens with zero attached hydrogens (tertiary/aromatic N) is 3. The lowest BCUT2D eigenvalue weighted by atomic mass is 9.96. The second-order valence-electron chi connectivity index (χ2n) is 8.59. The van der Waals surface area contributed by atoms with Crippen LogP contribution in [0, 0.1) is 28.7 Å². The first-order valence-electron chi connectivity index (χ1n) is 11.3. The Balaban J connectivity index is 1.43. The second-order valence-corrected chi connectivity index (χ2v) is 8.59. The quantitative estimate of drug-likeness (QED) is 0.397. The minimum absolute atomic E-state index is 0.108. The van der Waals surface area contributed by atoms with Gasteiger partial charge in [-0.15, -0.1) is 0 Å². The summed E-state index contributed by atoms with van der Waals surface area (Å²) in [6.07, 6.45) is 0. The molecule has 0 spiro atoms. The number of hydrogen-bond acceptors (Lipinski definition) is 5. The molecule has 1 fully saturated rings. The third kappa shape index (κ3) is 5.87. The SMILES string of the molecule is Cc1cccc([N+](=O)[O-])c1NC(=O)CN1CCN(C(c2ccc(F)cc2)c2ccc(F)cc2)CC1. The van der Waals surface area contributed by atoms with Crippen LogP contribution in [0.3, 0.4) is 0 Å². The van der Waals surface area contributed by atoms with E-state index in [4.69, 9.17) is 0 Å². The normalized spacial score (nSPS) is 14.7. The van der Waals surface area contributed by atoms with Gasteiger partial charge in [-0.05, 0) is 47.9 Å². The van der Waals surface area contributed by atoms with E-state index in [1.807, 2.05) is 4.90 Å². The number of nitrogens with one attached hydrogen (secondary N) is 1. The summed E-state index contributed by atoms with van der Waals surface area (Å²) in [5, 5.41) is 14.0. The van der Waals surface area contributed by atoms with Gasteiger partial charge in [0.05, 0.1) is 17.5 Å². The van der Waals surface area contributed by atoms with Gasteiger partial charge in [-0.2, -0.15) is 0 Å². The number of aryl methyl sites for hydroxylation is 1. The monoisotopic (exact) mass is 480 g/mol. The Hall–Kier alpha value is -3.69. The molecule has 3 aromatic carbocycles. The number of carbonyl (C=O) groups is 1. The van der Waals surface area contributed by atoms with Crippen molar-refractivity contribution in [2.45, 2.75) is 13.0 Å². The van der Waals surface area contributed by atoms with Crippen LogP contribution in [0.2, 0.25) is 0 Å². The first kappa shape index (κ1) is 24.4. The van der Waals surface area contributed by atoms with Crippen molar-refractivity contribution in [3.63, 3.8) is 0 Å². The van der Waals surface area contributed by atoms with Crippen molar-refractivity contribution >= 4 is 17.3 Å². The van der Waals surface area contributed by atoms with Gasteiger partial charge in [-0.3, -0.25) is 24.7 Å². The molecule has 182 valence electrons. The van der Waals surface area contributed by atoms with E-state index in [0.717, 1.165) is 11.1 Å². The van der Waals surface area contributed by atoms with E-state index in [-0.39, 0.29) is 41.5 Å². The molecule has 0 atom stereocenters. The molecule has 0 radical (unpaired) electrons. The summed E-state index contributed by atoms with van der Waals surface area (Å²) in [6.45, 7) is 4.29. The van der Waals surface area contributed by atoms with Gasteiger partial charge >= 0.3 is 0 Å². The van der Waals surface area contributed by atoms with Gasteiger partial charge in [-0.1, -0.05) is 36.4 Å². The minimum atomic E-state index is -0.508. The third-order valence-corrected chi connectivity index (χ3v) is 6.22. The molecule has 0 unspecified atom stereocenters. The summed E-state index contributed by atoms with van der Waals surface area (Å²) in [5.41, 5.74) is 2.50. The molecule has 0 saturated carbocycles. The zero-order chi connectivity index (χ0) is 24.9. The molecule has 0 aromatic heterocycles. The van der Waals surface area contributed by atoms with Gasteiger partial charge in [0.25, 0.3) is 5.69 Å². The maximum atomic E-state index is 13.5. The standard InChI is InChI=1S/C26H26F2N4O3/c1-18-3-2-4-23(32(34)35)25(18)29-24(33)17-30-13-15-31(16-14-30)26(19-5-9-21(27)10-6-19)20-7-11-22(28)12-8-20/h2-12,26H,13-17H2,1H3,(H,29,33). The van der Waals surface area contributed by atoms with Crippen molar-refractivity contribution < 1.29 is 18.5 Å². The van der Waals surface area contributed by atoms with Crippen molar-refractivity contribution in [1.82, 2.24) is 9.80 Å². The van der Waals surface area contributed by atoms with Crippen molar-refractivity contribution in [1.29, 1.82) is 0 Å². The molecule has 1 N–H and O–H groups in total. The zero-order valence-corrected chi connectivity index (χ0v) is 19.3. The van der Waals surface area contributed by atoms with Crippen LogP contribution in [0.5, 0.6) is 0 Å². The fourth-order valence-electron chi connectivity index (χ4n) is 4.43. The number of carbonyl (C=O) groups excluding carboxylic acids is 1. The molecule has 0 bridgehead atoms. The Bertz CT molecular complexity index is 1150. The second kappa shape index (κ2) is 10.7. The molecule has 1 heterocycles. The lowest BCUT2D eigenvalue weighted by Crippen LogP contribution is -2.49. The van der Waals surface area contributed by atoms with E-state index in [1.165, 1.54) is 30.3 Å². The summed E-state index contributed by atoms with van der Waals surface area (Å²) in [7, 11) is 0. The maximum absolute atomic E-state index is 13.5. The van der Waals surface area contributed by atoms with Crippen LogP contribution in [0.4, 0.5) is 20.2 Å². The van der Waals surface area contributed by atoms with Crippen LogP contribution in [0.25, 0.3) is 0 Å². The summed E-state index contributed by atoms with van der Waals surface area (Å²) in [4.78, 5) is 27.7. The Labute approximate surface area is 202 Å². The van der Waals surface area contributed by atoms with Gasteiger partial charge in [0.1, 0.15) is 17.3 Å². The summed E-state index contributed by atoms with van der Waals surface area (Å²) < 4.78 is 27.1. The fraction of sp³-hybridized carbons (Fsp3) is 0.269. The summed E-state index contributed by atoms with van der Waals surface area (Å²) in [6, 6.07) is 17.1. The van der Waals surface area contributed by atoms with Crippen LogP contribution in [-0.4, -0.2) is 53.4 Å². The number of nitro groups is 1. The predicted octanol–water partition coefficient (Wildman–Crippen LogP) is 4.53. The van der Waals surface area contributed by atoms with E-state index in [9.17, 15) is 23.7 Å². The zero-order valence-electron chi connectivity index (χ0n) is 19.3. The molecule has 7 nitrogen and oxygen atoms in total. The van der Waals surface area contributed by atoms with Gasteiger partial charge in [0.2, 0.25) is 5.91 Å². The molecule has 9 heteroatoms. The average molecular weight is 481 g/mol. The number of piperazine rings is 1. The van der Waals surface area contributed by atoms with Gasteiger partial charge in [-0.25, -0.2) is 8.78 Å². The number of anilines is 1. The highest BCUT2D eigenvalue weighted by Gasteiger charge is 2.28. The number of nitro benzene ring substituents is 1. The highest BCUT2D eigenvalue weighted by Crippen LogP contribution is 2.30. The minimum Gasteiger partial charge on any atom is -0.319 e. The predicted molar refractivity (Wildman–Crippen MR) is 129 cm³/mol. The van der Waals surface area contributed by atoms with Crippen molar-refractivity contribution in [2.75, 3.05) is 38.0 Å². The lowest BCUT2D eigenvalue weighted by Gasteiger charge is -2.39. The third-order valence-electron chi connectivity index (χ3n) is 6.22. The van der Waals surface area contributed by atoms with Crippen LogP contribution in [0.1, 0.15) is 22.7 Å². The van der Waals surface area contributed by atoms with Crippen molar-refractivity contribution in [3.05, 3.63) is 105 Å². The van der Waals surface area contributed by atoms with Crippen molar-refractivity contribution in [2.24, 2.45) is 0 Å². The van der Waals surface area contributed by atoms with Gasteiger partial charge in [0, 0.05) is 32.2 Å². The Morgan fingerprint density at radius 1 is 0.943 bits per heavy atom. The van der Waals surface area contributed by atoms with Crippen LogP contribution in [-0.2, 0) is 4.79 Å². The van der Waals surface area contributed by atoms with E-state index in [2.05, 4.69) is 10.2 Å². The summed E-state index contributed by atoms with van der Waals surface area (Å²) in [5.74, 6) is -0.961. The number of rotatable bonds is 7. The summed E-state index contributed by atoms with van der Waals surface area (Å²) >= 11 is 0. The Morgan fingerprint density at radius 2 is 1.49 bits per heavy atom. The van der Waals surface area contributed by atoms with E-state index in [1.54, 1.807) is 43.3 Å². The smallest absolute Gasteiger partial charge is 0.293 e. The van der Waals surface area contributed by atoms with Crippen molar-refractivity contribution in [3.8, 4) is 0 Å². The molecular formula is C26H26F2N4O3. The van der Waals surface area contributed by atoms with Crippen LogP contribution < -0.4 is 5.32 Å². The molecule has 0 aliphatic carbocycles. The number of halogens is 2. The average Bonchev–Trinajstić information content (AvgIpc) is 2.84. The highest BCUT2D eigenvalue weighted by molar-refractivity contribution is 5.95. The molecule has 1 amide bonds. The molecule has 3 aromatic rings. The molecular weight excluding hydrogens is 454 g/mol. The number of para-hydroxylation sites is 1. The Morgan fingerprint density at radius 3 is 2.00 bits per heavy atom. The maximum Gasteiger partial charge on any atom is 0.293 e. The number of benzene rings is 3. The number of hydrogen-bond donors (Lipinski definition) is 1. The van der Waals surface area contributed by atoms with Gasteiger partial charge < -0.3 is 5.32 Å².